The van der Waals surface area contributed by atoms with Crippen molar-refractivity contribution in [1.29, 1.82) is 0 Å². The highest BCUT2D eigenvalue weighted by atomic mass is 16.2. The summed E-state index contributed by atoms with van der Waals surface area (Å²) in [5, 5.41) is 11.3. The van der Waals surface area contributed by atoms with Crippen LogP contribution >= 0.6 is 0 Å². The largest absolute Gasteiger partial charge is 0.353 e. The van der Waals surface area contributed by atoms with Crippen molar-refractivity contribution in [2.24, 2.45) is 0 Å². The van der Waals surface area contributed by atoms with Gasteiger partial charge in [-0.15, -0.1) is 5.10 Å². The number of amides is 1. The number of rotatable bonds is 5. The van der Waals surface area contributed by atoms with Gasteiger partial charge in [0.2, 0.25) is 11.9 Å². The predicted molar refractivity (Wildman–Crippen MR) is 107 cm³/mol. The second-order valence-electron chi connectivity index (χ2n) is 7.37. The van der Waals surface area contributed by atoms with E-state index in [1.54, 1.807) is 6.20 Å². The Kier molecular flexibility index (Phi) is 6.01. The number of hydrogen-bond donors (Lipinski definition) is 1. The Morgan fingerprint density at radius 2 is 1.74 bits per heavy atom. The Hall–Kier alpha value is -2.54. The number of anilines is 1. The third-order valence-corrected chi connectivity index (χ3v) is 4.85. The van der Waals surface area contributed by atoms with Crippen molar-refractivity contribution in [2.45, 2.75) is 39.8 Å². The zero-order chi connectivity index (χ0) is 19.4. The highest BCUT2D eigenvalue weighted by Crippen LogP contribution is 2.19. The smallest absolute Gasteiger partial charge is 0.245 e. The molecule has 3 rings (SSSR count). The van der Waals surface area contributed by atoms with Crippen LogP contribution in [-0.4, -0.2) is 64.3 Å². The van der Waals surface area contributed by atoms with Crippen molar-refractivity contribution in [3.8, 4) is 11.3 Å². The Balaban J connectivity index is 1.63. The molecule has 1 aliphatic heterocycles. The number of nitrogens with zero attached hydrogens (tertiary/aromatic N) is 5. The summed E-state index contributed by atoms with van der Waals surface area (Å²) < 4.78 is 0. The Labute approximate surface area is 160 Å². The van der Waals surface area contributed by atoms with E-state index in [0.29, 0.717) is 5.95 Å². The quantitative estimate of drug-likeness (QED) is 0.869. The van der Waals surface area contributed by atoms with Gasteiger partial charge in [-0.3, -0.25) is 9.69 Å². The van der Waals surface area contributed by atoms with Crippen LogP contribution < -0.4 is 10.2 Å². The molecule has 27 heavy (non-hydrogen) atoms. The molecule has 7 nitrogen and oxygen atoms in total. The van der Waals surface area contributed by atoms with Crippen molar-refractivity contribution in [3.05, 3.63) is 36.0 Å². The Morgan fingerprint density at radius 1 is 1.07 bits per heavy atom. The van der Waals surface area contributed by atoms with Crippen molar-refractivity contribution in [2.75, 3.05) is 31.1 Å². The van der Waals surface area contributed by atoms with Crippen LogP contribution in [0.5, 0.6) is 0 Å². The molecule has 2 aromatic rings. The van der Waals surface area contributed by atoms with Gasteiger partial charge in [-0.1, -0.05) is 29.8 Å². The molecule has 0 bridgehead atoms. The van der Waals surface area contributed by atoms with Gasteiger partial charge in [0.1, 0.15) is 0 Å². The first-order valence-corrected chi connectivity index (χ1v) is 9.50. The normalized spacial score (nSPS) is 16.4. The molecule has 1 fully saturated rings. The van der Waals surface area contributed by atoms with Gasteiger partial charge in [-0.25, -0.2) is 4.98 Å². The number of carbonyl (C=O) groups is 1. The zero-order valence-corrected chi connectivity index (χ0v) is 16.5. The lowest BCUT2D eigenvalue weighted by Gasteiger charge is -2.37. The first kappa shape index (κ1) is 19.2. The van der Waals surface area contributed by atoms with Crippen LogP contribution in [0.1, 0.15) is 26.3 Å². The summed E-state index contributed by atoms with van der Waals surface area (Å²) in [6, 6.07) is 8.27. The van der Waals surface area contributed by atoms with Crippen LogP contribution in [0.4, 0.5) is 5.95 Å². The van der Waals surface area contributed by atoms with Crippen molar-refractivity contribution in [1.82, 2.24) is 25.4 Å². The molecule has 1 N–H and O–H groups in total. The fraction of sp³-hybridized carbons (Fsp3) is 0.500. The molecule has 0 saturated carbocycles. The predicted octanol–water partition coefficient (Wildman–Crippen LogP) is 1.88. The van der Waals surface area contributed by atoms with E-state index in [-0.39, 0.29) is 18.0 Å². The summed E-state index contributed by atoms with van der Waals surface area (Å²) in [4.78, 5) is 21.3. The van der Waals surface area contributed by atoms with Gasteiger partial charge in [0.05, 0.1) is 17.9 Å². The van der Waals surface area contributed by atoms with Crippen LogP contribution in [0, 0.1) is 6.92 Å². The van der Waals surface area contributed by atoms with Gasteiger partial charge in [-0.05, 0) is 27.7 Å². The molecule has 1 atom stereocenters. The molecule has 1 amide bonds. The third kappa shape index (κ3) is 4.80. The second-order valence-corrected chi connectivity index (χ2v) is 7.37. The van der Waals surface area contributed by atoms with E-state index < -0.39 is 0 Å². The molecule has 144 valence electrons. The molecule has 1 aromatic heterocycles. The van der Waals surface area contributed by atoms with Gasteiger partial charge in [0.15, 0.2) is 0 Å². The zero-order valence-electron chi connectivity index (χ0n) is 16.5. The summed E-state index contributed by atoms with van der Waals surface area (Å²) in [7, 11) is 0. The van der Waals surface area contributed by atoms with Crippen molar-refractivity contribution >= 4 is 11.9 Å². The van der Waals surface area contributed by atoms with Crippen LogP contribution in [0.3, 0.4) is 0 Å². The lowest BCUT2D eigenvalue weighted by Crippen LogP contribution is -2.54. The highest BCUT2D eigenvalue weighted by Gasteiger charge is 2.27. The molecular formula is C20H28N6O. The minimum atomic E-state index is -0.132. The van der Waals surface area contributed by atoms with Gasteiger partial charge < -0.3 is 10.2 Å². The number of nitrogens with one attached hydrogen (secondary N) is 1. The lowest BCUT2D eigenvalue weighted by molar-refractivity contribution is -0.126. The average molecular weight is 368 g/mol. The fourth-order valence-corrected chi connectivity index (χ4v) is 3.17. The summed E-state index contributed by atoms with van der Waals surface area (Å²) in [5.41, 5.74) is 3.08. The lowest BCUT2D eigenvalue weighted by atomic mass is 10.1. The van der Waals surface area contributed by atoms with Crippen LogP contribution in [0.15, 0.2) is 30.5 Å². The first-order valence-electron chi connectivity index (χ1n) is 9.50. The molecule has 1 saturated heterocycles. The van der Waals surface area contributed by atoms with Crippen LogP contribution in [0.2, 0.25) is 0 Å². The van der Waals surface area contributed by atoms with E-state index >= 15 is 0 Å². The summed E-state index contributed by atoms with van der Waals surface area (Å²) in [5.74, 6) is 0.727. The second kappa shape index (κ2) is 8.43. The van der Waals surface area contributed by atoms with E-state index in [9.17, 15) is 4.79 Å². The van der Waals surface area contributed by atoms with Crippen LogP contribution in [0.25, 0.3) is 11.3 Å². The minimum Gasteiger partial charge on any atom is -0.353 e. The monoisotopic (exact) mass is 368 g/mol. The van der Waals surface area contributed by atoms with Gasteiger partial charge >= 0.3 is 0 Å². The maximum absolute atomic E-state index is 12.2. The molecule has 0 radical (unpaired) electrons. The molecule has 2 heterocycles. The summed E-state index contributed by atoms with van der Waals surface area (Å²) in [6.07, 6.45) is 1.70. The Morgan fingerprint density at radius 3 is 2.37 bits per heavy atom. The number of aromatic nitrogens is 3. The Bertz CT molecular complexity index is 768. The van der Waals surface area contributed by atoms with Gasteiger partial charge in [0, 0.05) is 37.8 Å². The summed E-state index contributed by atoms with van der Waals surface area (Å²) in [6.45, 7) is 11.1. The maximum atomic E-state index is 12.2. The highest BCUT2D eigenvalue weighted by molar-refractivity contribution is 5.81. The van der Waals surface area contributed by atoms with Crippen LogP contribution in [-0.2, 0) is 4.79 Å². The third-order valence-electron chi connectivity index (χ3n) is 4.85. The van der Waals surface area contributed by atoms with E-state index in [4.69, 9.17) is 4.98 Å². The van der Waals surface area contributed by atoms with Crippen molar-refractivity contribution < 1.29 is 4.79 Å². The van der Waals surface area contributed by atoms with E-state index in [1.807, 2.05) is 20.8 Å². The number of carbonyl (C=O) groups excluding carboxylic acids is 1. The molecule has 0 unspecified atom stereocenters. The van der Waals surface area contributed by atoms with Crippen molar-refractivity contribution in [3.63, 3.8) is 0 Å². The fourth-order valence-electron chi connectivity index (χ4n) is 3.17. The summed E-state index contributed by atoms with van der Waals surface area (Å²) >= 11 is 0. The van der Waals surface area contributed by atoms with E-state index in [0.717, 1.165) is 37.4 Å². The minimum absolute atomic E-state index is 0.0812. The standard InChI is InChI=1S/C20H28N6O/c1-14(2)22-19(27)16(4)25-9-11-26(12-10-25)20-23-18(13-21-24-20)17-7-5-15(3)6-8-17/h5-8,13-14,16H,9-12H2,1-4H3,(H,22,27)/t16-/m0/s1. The average Bonchev–Trinajstić information content (AvgIpc) is 2.67. The number of piperazine rings is 1. The molecular weight excluding hydrogens is 340 g/mol. The van der Waals surface area contributed by atoms with Gasteiger partial charge in [0.25, 0.3) is 0 Å². The molecule has 0 aliphatic carbocycles. The molecule has 7 heteroatoms. The van der Waals surface area contributed by atoms with E-state index in [1.165, 1.54) is 5.56 Å². The molecule has 0 spiro atoms. The first-order chi connectivity index (χ1) is 12.9. The number of aryl methyl sites for hydroxylation is 1. The number of benzene rings is 1. The topological polar surface area (TPSA) is 74.2 Å². The van der Waals surface area contributed by atoms with Gasteiger partial charge in [-0.2, -0.15) is 5.10 Å². The van der Waals surface area contributed by atoms with E-state index in [2.05, 4.69) is 56.5 Å². The number of hydrogen-bond acceptors (Lipinski definition) is 6. The molecule has 1 aliphatic rings. The maximum Gasteiger partial charge on any atom is 0.245 e. The molecule has 1 aromatic carbocycles. The SMILES string of the molecule is Cc1ccc(-c2cnnc(N3CCN([C@@H](C)C(=O)NC(C)C)CC3)n2)cc1.